The normalized spacial score (nSPS) is 11.1. The molecule has 0 saturated heterocycles. The van der Waals surface area contributed by atoms with Crippen molar-refractivity contribution in [2.75, 3.05) is 6.26 Å². The summed E-state index contributed by atoms with van der Waals surface area (Å²) >= 11 is 1.33. The van der Waals surface area contributed by atoms with Crippen molar-refractivity contribution in [1.82, 2.24) is 14.9 Å². The predicted octanol–water partition coefficient (Wildman–Crippen LogP) is 1.86. The van der Waals surface area contributed by atoms with E-state index in [0.717, 1.165) is 5.56 Å². The first-order chi connectivity index (χ1) is 9.11. The minimum absolute atomic E-state index is 0.247. The molecule has 0 N–H and O–H groups in total. The van der Waals surface area contributed by atoms with Crippen molar-refractivity contribution in [2.45, 2.75) is 19.0 Å². The molecule has 1 aromatic carbocycles. The third-order valence-electron chi connectivity index (χ3n) is 2.55. The fourth-order valence-corrected chi connectivity index (χ4v) is 1.87. The molecule has 98 valence electrons. The zero-order valence-electron chi connectivity index (χ0n) is 11.0. The molecule has 0 amide bonds. The van der Waals surface area contributed by atoms with Crippen LogP contribution in [0.15, 0.2) is 39.3 Å². The van der Waals surface area contributed by atoms with Gasteiger partial charge in [-0.25, -0.2) is 0 Å². The highest BCUT2D eigenvalue weighted by molar-refractivity contribution is 7.98. The van der Waals surface area contributed by atoms with E-state index < -0.39 is 0 Å². The Balaban J connectivity index is 2.40. The Hall–Kier alpha value is -1.95. The highest BCUT2D eigenvalue weighted by Gasteiger charge is 2.06. The predicted molar refractivity (Wildman–Crippen MR) is 77.0 cm³/mol. The topological polar surface area (TPSA) is 60.1 Å². The maximum absolute atomic E-state index is 12.0. The lowest BCUT2D eigenvalue weighted by atomic mass is 10.2. The van der Waals surface area contributed by atoms with Crippen LogP contribution >= 0.6 is 11.8 Å². The summed E-state index contributed by atoms with van der Waals surface area (Å²) < 4.78 is 1.27. The van der Waals surface area contributed by atoms with Gasteiger partial charge in [0.05, 0.1) is 6.21 Å². The van der Waals surface area contributed by atoms with E-state index >= 15 is 0 Å². The van der Waals surface area contributed by atoms with Crippen LogP contribution in [0.5, 0.6) is 0 Å². The zero-order valence-corrected chi connectivity index (χ0v) is 11.8. The Morgan fingerprint density at radius 3 is 2.53 bits per heavy atom. The molecule has 0 aliphatic rings. The lowest BCUT2D eigenvalue weighted by molar-refractivity contribution is 0.635. The van der Waals surface area contributed by atoms with Crippen LogP contribution in [0.4, 0.5) is 0 Å². The van der Waals surface area contributed by atoms with Gasteiger partial charge in [-0.3, -0.25) is 4.79 Å². The Labute approximate surface area is 115 Å². The third-order valence-corrected chi connectivity index (χ3v) is 3.17. The smallest absolute Gasteiger partial charge is 0.265 e. The number of hydrogen-bond donors (Lipinski definition) is 0. The van der Waals surface area contributed by atoms with E-state index in [-0.39, 0.29) is 5.56 Å². The highest BCUT2D eigenvalue weighted by Crippen LogP contribution is 2.08. The first kappa shape index (κ1) is 13.5. The van der Waals surface area contributed by atoms with Gasteiger partial charge < -0.3 is 0 Å². The second-order valence-electron chi connectivity index (χ2n) is 4.04. The van der Waals surface area contributed by atoms with Crippen LogP contribution in [-0.2, 0) is 0 Å². The quantitative estimate of drug-likeness (QED) is 0.633. The summed E-state index contributed by atoms with van der Waals surface area (Å²) in [4.78, 5) is 12.0. The third kappa shape index (κ3) is 3.08. The molecule has 0 atom stereocenters. The molecule has 0 aliphatic carbocycles. The summed E-state index contributed by atoms with van der Waals surface area (Å²) in [7, 11) is 0. The van der Waals surface area contributed by atoms with E-state index in [2.05, 4.69) is 15.3 Å². The maximum Gasteiger partial charge on any atom is 0.296 e. The van der Waals surface area contributed by atoms with Gasteiger partial charge in [0.25, 0.3) is 5.56 Å². The lowest BCUT2D eigenvalue weighted by Crippen LogP contribution is -2.23. The van der Waals surface area contributed by atoms with Gasteiger partial charge in [0.15, 0.2) is 0 Å². The molecule has 0 saturated carbocycles. The molecular formula is C13H14N4OS. The number of nitrogens with zero attached hydrogens (tertiary/aromatic N) is 4. The average molecular weight is 274 g/mol. The summed E-state index contributed by atoms with van der Waals surface area (Å²) in [6.45, 7) is 3.64. The van der Waals surface area contributed by atoms with Gasteiger partial charge in [-0.2, -0.15) is 9.78 Å². The molecular weight excluding hydrogens is 260 g/mol. The largest absolute Gasteiger partial charge is 0.296 e. The number of hydrogen-bond acceptors (Lipinski definition) is 5. The van der Waals surface area contributed by atoms with Crippen molar-refractivity contribution in [3.63, 3.8) is 0 Å². The van der Waals surface area contributed by atoms with Crippen molar-refractivity contribution in [2.24, 2.45) is 5.10 Å². The second kappa shape index (κ2) is 5.79. The molecule has 0 bridgehead atoms. The molecule has 0 spiro atoms. The number of thioether (sulfide) groups is 1. The maximum atomic E-state index is 12.0. The molecule has 1 aromatic heterocycles. The van der Waals surface area contributed by atoms with Gasteiger partial charge >= 0.3 is 0 Å². The van der Waals surface area contributed by atoms with Gasteiger partial charge in [-0.05, 0) is 25.7 Å². The summed E-state index contributed by atoms with van der Waals surface area (Å²) in [5, 5.41) is 12.4. The van der Waals surface area contributed by atoms with E-state index in [1.54, 1.807) is 13.1 Å². The number of aryl methyl sites for hydroxylation is 2. The van der Waals surface area contributed by atoms with Crippen LogP contribution < -0.4 is 5.56 Å². The fraction of sp³-hybridized carbons (Fsp3) is 0.231. The van der Waals surface area contributed by atoms with E-state index in [0.29, 0.717) is 10.9 Å². The van der Waals surface area contributed by atoms with Crippen LogP contribution in [-0.4, -0.2) is 27.3 Å². The van der Waals surface area contributed by atoms with Crippen molar-refractivity contribution in [1.29, 1.82) is 0 Å². The van der Waals surface area contributed by atoms with Crippen molar-refractivity contribution < 1.29 is 0 Å². The lowest BCUT2D eigenvalue weighted by Gasteiger charge is -2.03. The molecule has 2 rings (SSSR count). The highest BCUT2D eigenvalue weighted by atomic mass is 32.2. The minimum Gasteiger partial charge on any atom is -0.265 e. The Morgan fingerprint density at radius 2 is 1.89 bits per heavy atom. The second-order valence-corrected chi connectivity index (χ2v) is 4.82. The van der Waals surface area contributed by atoms with E-state index in [1.165, 1.54) is 22.0 Å². The fourth-order valence-electron chi connectivity index (χ4n) is 1.45. The molecule has 19 heavy (non-hydrogen) atoms. The van der Waals surface area contributed by atoms with E-state index in [1.807, 2.05) is 37.4 Å². The Kier molecular flexibility index (Phi) is 4.11. The Morgan fingerprint density at radius 1 is 1.21 bits per heavy atom. The van der Waals surface area contributed by atoms with Crippen LogP contribution in [0.1, 0.15) is 16.8 Å². The van der Waals surface area contributed by atoms with Crippen LogP contribution in [0.2, 0.25) is 0 Å². The molecule has 0 aliphatic heterocycles. The van der Waals surface area contributed by atoms with Gasteiger partial charge in [-0.1, -0.05) is 41.6 Å². The van der Waals surface area contributed by atoms with Gasteiger partial charge in [0.1, 0.15) is 5.69 Å². The standard InChI is InChI=1S/C13H14N4OS/c1-9-4-6-11(7-5-9)8-14-17-12(18)10(2)15-16-13(17)19-3/h4-8H,1-3H3/b14-8-. The van der Waals surface area contributed by atoms with E-state index in [4.69, 9.17) is 0 Å². The molecule has 0 fully saturated rings. The average Bonchev–Trinajstić information content (AvgIpc) is 2.42. The van der Waals surface area contributed by atoms with E-state index in [9.17, 15) is 4.79 Å². The molecule has 6 heteroatoms. The summed E-state index contributed by atoms with van der Waals surface area (Å²) in [6, 6.07) is 7.89. The first-order valence-corrected chi connectivity index (χ1v) is 6.95. The van der Waals surface area contributed by atoms with Crippen LogP contribution in [0, 0.1) is 13.8 Å². The first-order valence-electron chi connectivity index (χ1n) is 5.73. The SMILES string of the molecule is CSc1nnc(C)c(=O)n1/N=C\c1ccc(C)cc1. The Bertz CT molecular complexity index is 661. The number of aromatic nitrogens is 3. The summed E-state index contributed by atoms with van der Waals surface area (Å²) in [6.07, 6.45) is 3.47. The molecule has 1 heterocycles. The number of benzene rings is 1. The van der Waals surface area contributed by atoms with Crippen molar-refractivity contribution in [3.05, 3.63) is 51.4 Å². The monoisotopic (exact) mass is 274 g/mol. The molecule has 0 radical (unpaired) electrons. The van der Waals surface area contributed by atoms with Crippen LogP contribution in [0.3, 0.4) is 0 Å². The summed E-state index contributed by atoms with van der Waals surface area (Å²) in [5.41, 5.74) is 2.20. The van der Waals surface area contributed by atoms with Gasteiger partial charge in [-0.15, -0.1) is 10.2 Å². The minimum atomic E-state index is -0.247. The van der Waals surface area contributed by atoms with Gasteiger partial charge in [0.2, 0.25) is 5.16 Å². The van der Waals surface area contributed by atoms with Gasteiger partial charge in [0, 0.05) is 0 Å². The number of rotatable bonds is 3. The molecule has 5 nitrogen and oxygen atoms in total. The van der Waals surface area contributed by atoms with Crippen LogP contribution in [0.25, 0.3) is 0 Å². The van der Waals surface area contributed by atoms with Crippen molar-refractivity contribution >= 4 is 18.0 Å². The van der Waals surface area contributed by atoms with Crippen molar-refractivity contribution in [3.8, 4) is 0 Å². The zero-order chi connectivity index (χ0) is 13.8. The molecule has 0 unspecified atom stereocenters. The molecule has 2 aromatic rings. The summed E-state index contributed by atoms with van der Waals surface area (Å²) in [5.74, 6) is 0.